The van der Waals surface area contributed by atoms with E-state index >= 15 is 0 Å². The second-order valence-electron chi connectivity index (χ2n) is 5.73. The topological polar surface area (TPSA) is 31.7 Å². The molecule has 4 nitrogen and oxygen atoms in total. The van der Waals surface area contributed by atoms with Crippen molar-refractivity contribution in [2.75, 3.05) is 33.2 Å². The normalized spacial score (nSPS) is 18.0. The third-order valence-corrected chi connectivity index (χ3v) is 4.42. The predicted molar refractivity (Wildman–Crippen MR) is 82.7 cm³/mol. The number of hydrogen-bond acceptors (Lipinski definition) is 4. The first kappa shape index (κ1) is 15.5. The van der Waals surface area contributed by atoms with Crippen molar-refractivity contribution in [3.63, 3.8) is 0 Å². The molecule has 20 heavy (non-hydrogen) atoms. The van der Waals surface area contributed by atoms with Gasteiger partial charge in [0.05, 0.1) is 12.8 Å². The molecule has 1 aromatic heterocycles. The molecule has 1 saturated heterocycles. The zero-order chi connectivity index (χ0) is 14.4. The number of nitrogens with zero attached hydrogens (tertiary/aromatic N) is 2. The van der Waals surface area contributed by atoms with Crippen molar-refractivity contribution in [3.05, 3.63) is 23.7 Å². The van der Waals surface area contributed by atoms with Gasteiger partial charge in [0.1, 0.15) is 5.76 Å². The highest BCUT2D eigenvalue weighted by atomic mass is 16.3. The van der Waals surface area contributed by atoms with Crippen LogP contribution in [0.3, 0.4) is 0 Å². The van der Waals surface area contributed by atoms with Gasteiger partial charge in [0.15, 0.2) is 0 Å². The van der Waals surface area contributed by atoms with Crippen LogP contribution in [0.5, 0.6) is 0 Å². The molecule has 0 aromatic carbocycles. The molecule has 1 aromatic rings. The molecule has 1 aliphatic heterocycles. The van der Waals surface area contributed by atoms with Crippen LogP contribution < -0.4 is 5.32 Å². The Morgan fingerprint density at radius 1 is 1.35 bits per heavy atom. The number of rotatable bonds is 7. The van der Waals surface area contributed by atoms with E-state index in [0.29, 0.717) is 6.04 Å². The van der Waals surface area contributed by atoms with Crippen LogP contribution in [0.2, 0.25) is 0 Å². The Balaban J connectivity index is 1.85. The van der Waals surface area contributed by atoms with Gasteiger partial charge in [0.2, 0.25) is 0 Å². The van der Waals surface area contributed by atoms with Crippen LogP contribution >= 0.6 is 0 Å². The van der Waals surface area contributed by atoms with E-state index in [9.17, 15) is 0 Å². The molecule has 0 amide bonds. The van der Waals surface area contributed by atoms with Gasteiger partial charge in [-0.1, -0.05) is 13.8 Å². The van der Waals surface area contributed by atoms with Crippen molar-refractivity contribution in [3.8, 4) is 0 Å². The molecule has 114 valence electrons. The molecular weight excluding hydrogens is 250 g/mol. The number of hydrogen-bond donors (Lipinski definition) is 1. The van der Waals surface area contributed by atoms with Crippen molar-refractivity contribution >= 4 is 0 Å². The zero-order valence-electron chi connectivity index (χ0n) is 13.2. The summed E-state index contributed by atoms with van der Waals surface area (Å²) in [5, 5.41) is 3.34. The number of furan rings is 1. The molecule has 1 N–H and O–H groups in total. The maximum absolute atomic E-state index is 5.59. The summed E-state index contributed by atoms with van der Waals surface area (Å²) in [6.07, 6.45) is 4.38. The molecule has 0 spiro atoms. The van der Waals surface area contributed by atoms with Crippen LogP contribution in [-0.4, -0.2) is 49.1 Å². The lowest BCUT2D eigenvalue weighted by Crippen LogP contribution is -2.42. The minimum absolute atomic E-state index is 0.708. The summed E-state index contributed by atoms with van der Waals surface area (Å²) in [7, 11) is 2.25. The Bertz CT molecular complexity index is 383. The van der Waals surface area contributed by atoms with Gasteiger partial charge in [-0.2, -0.15) is 0 Å². The van der Waals surface area contributed by atoms with Crippen molar-refractivity contribution < 1.29 is 4.42 Å². The molecule has 2 rings (SSSR count). The van der Waals surface area contributed by atoms with Gasteiger partial charge >= 0.3 is 0 Å². The molecule has 0 saturated carbocycles. The molecule has 0 unspecified atom stereocenters. The third-order valence-electron chi connectivity index (χ3n) is 4.42. The van der Waals surface area contributed by atoms with E-state index in [4.69, 9.17) is 4.42 Å². The van der Waals surface area contributed by atoms with Crippen molar-refractivity contribution in [2.45, 2.75) is 45.8 Å². The number of nitrogens with one attached hydrogen (secondary N) is 1. The maximum Gasteiger partial charge on any atom is 0.122 e. The second-order valence-corrected chi connectivity index (χ2v) is 5.73. The van der Waals surface area contributed by atoms with Gasteiger partial charge in [0.25, 0.3) is 0 Å². The Morgan fingerprint density at radius 3 is 2.75 bits per heavy atom. The average Bonchev–Trinajstić information content (AvgIpc) is 2.92. The van der Waals surface area contributed by atoms with E-state index in [1.54, 1.807) is 0 Å². The lowest BCUT2D eigenvalue weighted by Gasteiger charge is -2.36. The van der Waals surface area contributed by atoms with Crippen LogP contribution in [-0.2, 0) is 13.1 Å². The Morgan fingerprint density at radius 2 is 2.10 bits per heavy atom. The minimum atomic E-state index is 0.708. The lowest BCUT2D eigenvalue weighted by atomic mass is 10.0. The van der Waals surface area contributed by atoms with Gasteiger partial charge < -0.3 is 14.6 Å². The molecule has 4 heteroatoms. The van der Waals surface area contributed by atoms with Crippen molar-refractivity contribution in [2.24, 2.45) is 0 Å². The van der Waals surface area contributed by atoms with Gasteiger partial charge in [-0.15, -0.1) is 0 Å². The van der Waals surface area contributed by atoms with Crippen LogP contribution in [0.25, 0.3) is 0 Å². The van der Waals surface area contributed by atoms with E-state index in [1.165, 1.54) is 38.0 Å². The first-order valence-electron chi connectivity index (χ1n) is 7.93. The highest BCUT2D eigenvalue weighted by Crippen LogP contribution is 2.19. The third kappa shape index (κ3) is 4.08. The molecule has 0 radical (unpaired) electrons. The van der Waals surface area contributed by atoms with Crippen molar-refractivity contribution in [1.29, 1.82) is 0 Å². The monoisotopic (exact) mass is 279 g/mol. The number of likely N-dealkylation sites (tertiary alicyclic amines) is 1. The molecule has 1 aliphatic rings. The fraction of sp³-hybridized carbons (Fsp3) is 0.750. The standard InChI is InChI=1S/C16H29N3O/c1-4-17-12-16-14(8-11-20-16)13-18(3)15-6-9-19(5-2)10-7-15/h8,11,15,17H,4-7,9-10,12-13H2,1-3H3. The fourth-order valence-electron chi connectivity index (χ4n) is 2.98. The lowest BCUT2D eigenvalue weighted by molar-refractivity contribution is 0.126. The summed E-state index contributed by atoms with van der Waals surface area (Å²) < 4.78 is 5.59. The molecule has 2 heterocycles. The predicted octanol–water partition coefficient (Wildman–Crippen LogP) is 2.31. The van der Waals surface area contributed by atoms with Crippen molar-refractivity contribution in [1.82, 2.24) is 15.1 Å². The summed E-state index contributed by atoms with van der Waals surface area (Å²) >= 11 is 0. The average molecular weight is 279 g/mol. The second kappa shape index (κ2) is 7.81. The van der Waals surface area contributed by atoms with E-state index in [1.807, 2.05) is 6.26 Å². The van der Waals surface area contributed by atoms with Gasteiger partial charge in [-0.05, 0) is 52.1 Å². The Kier molecular flexibility index (Phi) is 6.07. The smallest absolute Gasteiger partial charge is 0.122 e. The Hall–Kier alpha value is -0.840. The summed E-state index contributed by atoms with van der Waals surface area (Å²) in [5.74, 6) is 1.09. The minimum Gasteiger partial charge on any atom is -0.468 e. The molecule has 0 atom stereocenters. The highest BCUT2D eigenvalue weighted by Gasteiger charge is 2.22. The zero-order valence-corrected chi connectivity index (χ0v) is 13.2. The van der Waals surface area contributed by atoms with Crippen LogP contribution in [0.15, 0.2) is 16.7 Å². The van der Waals surface area contributed by atoms with E-state index in [0.717, 1.165) is 25.4 Å². The Labute approximate surface area is 123 Å². The summed E-state index contributed by atoms with van der Waals surface area (Å²) in [4.78, 5) is 5.03. The molecular formula is C16H29N3O. The quantitative estimate of drug-likeness (QED) is 0.830. The largest absolute Gasteiger partial charge is 0.468 e. The van der Waals surface area contributed by atoms with E-state index < -0.39 is 0 Å². The molecule has 0 bridgehead atoms. The van der Waals surface area contributed by atoms with Gasteiger partial charge in [0, 0.05) is 18.2 Å². The molecule has 0 aliphatic carbocycles. The summed E-state index contributed by atoms with van der Waals surface area (Å²) in [5.41, 5.74) is 1.33. The first-order valence-corrected chi connectivity index (χ1v) is 7.93. The summed E-state index contributed by atoms with van der Waals surface area (Å²) in [6, 6.07) is 2.82. The number of piperidine rings is 1. The first-order chi connectivity index (χ1) is 9.74. The van der Waals surface area contributed by atoms with Gasteiger partial charge in [-0.3, -0.25) is 4.90 Å². The maximum atomic E-state index is 5.59. The van der Waals surface area contributed by atoms with Crippen LogP contribution in [0, 0.1) is 0 Å². The van der Waals surface area contributed by atoms with Crippen LogP contribution in [0.1, 0.15) is 38.0 Å². The SMILES string of the molecule is CCNCc1occc1CN(C)C1CCN(CC)CC1. The summed E-state index contributed by atoms with van der Waals surface area (Å²) in [6.45, 7) is 10.8. The van der Waals surface area contributed by atoms with Crippen LogP contribution in [0.4, 0.5) is 0 Å². The van der Waals surface area contributed by atoms with E-state index in [-0.39, 0.29) is 0 Å². The highest BCUT2D eigenvalue weighted by molar-refractivity contribution is 5.17. The molecule has 1 fully saturated rings. The van der Waals surface area contributed by atoms with Gasteiger partial charge in [-0.25, -0.2) is 0 Å². The van der Waals surface area contributed by atoms with E-state index in [2.05, 4.69) is 42.1 Å². The fourth-order valence-corrected chi connectivity index (χ4v) is 2.98.